The topological polar surface area (TPSA) is 92.5 Å². The smallest absolute Gasteiger partial charge is 0.246 e. The quantitative estimate of drug-likeness (QED) is 0.576. The molecule has 0 radical (unpaired) electrons. The number of carbonyl (C=O) groups excluding carboxylic acids is 3. The summed E-state index contributed by atoms with van der Waals surface area (Å²) in [5, 5.41) is 2.16. The number of carbonyl (C=O) groups is 3. The Morgan fingerprint density at radius 3 is 2.32 bits per heavy atom. The number of benzene rings is 1. The normalized spacial score (nSPS) is 15.3. The number of anilines is 1. The van der Waals surface area contributed by atoms with E-state index in [0.717, 1.165) is 5.56 Å². The first kappa shape index (κ1) is 13.1. The number of imide groups is 1. The van der Waals surface area contributed by atoms with Crippen molar-refractivity contribution in [3.63, 3.8) is 0 Å². The average Bonchev–Trinajstić information content (AvgIpc) is 2.36. The number of nitrogens with two attached hydrogens (primary N) is 1. The molecular weight excluding hydrogens is 246 g/mol. The first-order chi connectivity index (χ1) is 9.04. The monoisotopic (exact) mass is 261 g/mol. The molecule has 1 saturated heterocycles. The fourth-order valence-corrected chi connectivity index (χ4v) is 1.91. The van der Waals surface area contributed by atoms with Crippen LogP contribution in [0.1, 0.15) is 12.0 Å². The summed E-state index contributed by atoms with van der Waals surface area (Å²) >= 11 is 0. The van der Waals surface area contributed by atoms with Gasteiger partial charge in [-0.2, -0.15) is 0 Å². The summed E-state index contributed by atoms with van der Waals surface area (Å²) in [6.45, 7) is -0.0986. The van der Waals surface area contributed by atoms with Crippen molar-refractivity contribution < 1.29 is 14.4 Å². The van der Waals surface area contributed by atoms with Crippen molar-refractivity contribution in [2.45, 2.75) is 12.8 Å². The molecule has 0 spiro atoms. The third-order valence-electron chi connectivity index (χ3n) is 2.91. The number of amides is 3. The van der Waals surface area contributed by atoms with Gasteiger partial charge in [-0.1, -0.05) is 12.1 Å². The van der Waals surface area contributed by atoms with Gasteiger partial charge in [0.25, 0.3) is 0 Å². The van der Waals surface area contributed by atoms with Gasteiger partial charge in [0.2, 0.25) is 17.7 Å². The first-order valence-electron chi connectivity index (χ1n) is 5.99. The van der Waals surface area contributed by atoms with Gasteiger partial charge in [0.15, 0.2) is 0 Å². The highest BCUT2D eigenvalue weighted by atomic mass is 16.2. The largest absolute Gasteiger partial charge is 0.399 e. The van der Waals surface area contributed by atoms with Crippen LogP contribution in [0.3, 0.4) is 0 Å². The molecule has 3 amide bonds. The highest BCUT2D eigenvalue weighted by Gasteiger charge is 2.25. The van der Waals surface area contributed by atoms with Gasteiger partial charge >= 0.3 is 0 Å². The first-order valence-corrected chi connectivity index (χ1v) is 5.99. The predicted molar refractivity (Wildman–Crippen MR) is 68.9 cm³/mol. The van der Waals surface area contributed by atoms with E-state index in [9.17, 15) is 14.4 Å². The summed E-state index contributed by atoms with van der Waals surface area (Å²) in [7, 11) is 0. The zero-order valence-electron chi connectivity index (χ0n) is 10.4. The van der Waals surface area contributed by atoms with Gasteiger partial charge in [0.05, 0.1) is 0 Å². The van der Waals surface area contributed by atoms with Gasteiger partial charge in [-0.3, -0.25) is 19.7 Å². The van der Waals surface area contributed by atoms with Crippen molar-refractivity contribution in [1.29, 1.82) is 0 Å². The minimum absolute atomic E-state index is 0.0493. The number of aryl methyl sites for hydroxylation is 1. The number of hydrogen-bond donors (Lipinski definition) is 2. The van der Waals surface area contributed by atoms with Gasteiger partial charge in [0, 0.05) is 12.1 Å². The summed E-state index contributed by atoms with van der Waals surface area (Å²) < 4.78 is 0. The van der Waals surface area contributed by atoms with Crippen molar-refractivity contribution in [3.8, 4) is 0 Å². The van der Waals surface area contributed by atoms with E-state index in [0.29, 0.717) is 12.1 Å². The van der Waals surface area contributed by atoms with E-state index >= 15 is 0 Å². The molecule has 1 aliphatic rings. The molecule has 1 fully saturated rings. The zero-order chi connectivity index (χ0) is 13.8. The van der Waals surface area contributed by atoms with Gasteiger partial charge in [0.1, 0.15) is 13.1 Å². The fourth-order valence-electron chi connectivity index (χ4n) is 1.91. The maximum absolute atomic E-state index is 11.9. The number of nitrogens with one attached hydrogen (secondary N) is 1. The molecule has 19 heavy (non-hydrogen) atoms. The minimum Gasteiger partial charge on any atom is -0.399 e. The van der Waals surface area contributed by atoms with Crippen LogP contribution in [-0.2, 0) is 20.8 Å². The number of piperazine rings is 1. The van der Waals surface area contributed by atoms with Gasteiger partial charge in [-0.25, -0.2) is 0 Å². The Balaban J connectivity index is 1.88. The van der Waals surface area contributed by atoms with Crippen LogP contribution in [0.25, 0.3) is 0 Å². The molecule has 1 aromatic carbocycles. The highest BCUT2D eigenvalue weighted by molar-refractivity contribution is 6.02. The Kier molecular flexibility index (Phi) is 3.79. The Bertz CT molecular complexity index is 494. The molecule has 3 N–H and O–H groups in total. The summed E-state index contributed by atoms with van der Waals surface area (Å²) in [6, 6.07) is 7.27. The van der Waals surface area contributed by atoms with Crippen molar-refractivity contribution in [1.82, 2.24) is 10.2 Å². The van der Waals surface area contributed by atoms with Crippen LogP contribution in [0, 0.1) is 0 Å². The van der Waals surface area contributed by atoms with Crippen molar-refractivity contribution >= 4 is 23.4 Å². The fraction of sp³-hybridized carbons (Fsp3) is 0.308. The molecule has 0 aromatic heterocycles. The second kappa shape index (κ2) is 5.51. The lowest BCUT2D eigenvalue weighted by molar-refractivity contribution is -0.145. The van der Waals surface area contributed by atoms with E-state index in [-0.39, 0.29) is 25.4 Å². The number of nitrogen functional groups attached to an aromatic ring is 1. The molecule has 6 heteroatoms. The maximum Gasteiger partial charge on any atom is 0.246 e. The van der Waals surface area contributed by atoms with E-state index in [1.54, 1.807) is 12.1 Å². The molecule has 0 saturated carbocycles. The van der Waals surface area contributed by atoms with E-state index in [2.05, 4.69) is 5.32 Å². The molecule has 0 bridgehead atoms. The molecule has 100 valence electrons. The minimum atomic E-state index is -0.433. The molecule has 1 aliphatic heterocycles. The standard InChI is InChI=1S/C13H15N3O3/c14-10-4-1-9(2-5-10)3-6-13(19)16-7-11(17)15-12(18)8-16/h1-2,4-5H,3,6-8,14H2,(H,15,17,18). The van der Waals surface area contributed by atoms with Gasteiger partial charge < -0.3 is 10.6 Å². The molecule has 1 heterocycles. The van der Waals surface area contributed by atoms with Crippen molar-refractivity contribution in [2.24, 2.45) is 0 Å². The second-order valence-corrected chi connectivity index (χ2v) is 4.46. The Labute approximate surface area is 110 Å². The van der Waals surface area contributed by atoms with Crippen LogP contribution in [-0.4, -0.2) is 35.7 Å². The van der Waals surface area contributed by atoms with Crippen LogP contribution in [0.4, 0.5) is 5.69 Å². The van der Waals surface area contributed by atoms with Crippen LogP contribution >= 0.6 is 0 Å². The maximum atomic E-state index is 11.9. The third kappa shape index (κ3) is 3.54. The van der Waals surface area contributed by atoms with E-state index < -0.39 is 11.8 Å². The molecule has 6 nitrogen and oxygen atoms in total. The Morgan fingerprint density at radius 2 is 1.74 bits per heavy atom. The molecule has 0 aliphatic carbocycles. The molecule has 0 unspecified atom stereocenters. The second-order valence-electron chi connectivity index (χ2n) is 4.46. The zero-order valence-corrected chi connectivity index (χ0v) is 10.4. The molecular formula is C13H15N3O3. The predicted octanol–water partition coefficient (Wildman–Crippen LogP) is -0.314. The van der Waals surface area contributed by atoms with Crippen LogP contribution in [0.15, 0.2) is 24.3 Å². The number of rotatable bonds is 3. The van der Waals surface area contributed by atoms with Crippen LogP contribution in [0.5, 0.6) is 0 Å². The third-order valence-corrected chi connectivity index (χ3v) is 2.91. The van der Waals surface area contributed by atoms with E-state index in [4.69, 9.17) is 5.73 Å². The lowest BCUT2D eigenvalue weighted by Crippen LogP contribution is -2.53. The SMILES string of the molecule is Nc1ccc(CCC(=O)N2CC(=O)NC(=O)C2)cc1. The van der Waals surface area contributed by atoms with Gasteiger partial charge in [-0.15, -0.1) is 0 Å². The number of hydrogen-bond acceptors (Lipinski definition) is 4. The van der Waals surface area contributed by atoms with Crippen LogP contribution < -0.4 is 11.1 Å². The molecule has 1 aromatic rings. The van der Waals surface area contributed by atoms with Crippen molar-refractivity contribution in [2.75, 3.05) is 18.8 Å². The van der Waals surface area contributed by atoms with Gasteiger partial charge in [-0.05, 0) is 24.1 Å². The summed E-state index contributed by atoms with van der Waals surface area (Å²) in [4.78, 5) is 35.5. The average molecular weight is 261 g/mol. The lowest BCUT2D eigenvalue weighted by atomic mass is 10.1. The Morgan fingerprint density at radius 1 is 1.16 bits per heavy atom. The summed E-state index contributed by atoms with van der Waals surface area (Å²) in [6.07, 6.45) is 0.829. The van der Waals surface area contributed by atoms with E-state index in [1.807, 2.05) is 12.1 Å². The molecule has 0 atom stereocenters. The Hall–Kier alpha value is -2.37. The van der Waals surface area contributed by atoms with Crippen LogP contribution in [0.2, 0.25) is 0 Å². The highest BCUT2D eigenvalue weighted by Crippen LogP contribution is 2.09. The van der Waals surface area contributed by atoms with E-state index in [1.165, 1.54) is 4.90 Å². The molecule has 2 rings (SSSR count). The lowest BCUT2D eigenvalue weighted by Gasteiger charge is -2.25. The number of nitrogens with zero attached hydrogens (tertiary/aromatic N) is 1. The summed E-state index contributed by atoms with van der Waals surface area (Å²) in [5.74, 6) is -1.06. The summed E-state index contributed by atoms with van der Waals surface area (Å²) in [5.41, 5.74) is 7.24. The van der Waals surface area contributed by atoms with Crippen molar-refractivity contribution in [3.05, 3.63) is 29.8 Å².